The quantitative estimate of drug-likeness (QED) is 0.891. The first-order chi connectivity index (χ1) is 8.15. The fourth-order valence-electron chi connectivity index (χ4n) is 1.33. The third-order valence-electron chi connectivity index (χ3n) is 2.16. The van der Waals surface area contributed by atoms with E-state index in [0.29, 0.717) is 5.95 Å². The third kappa shape index (κ3) is 2.93. The number of anilines is 2. The van der Waals surface area contributed by atoms with Crippen LogP contribution < -0.4 is 10.1 Å². The first-order valence-electron chi connectivity index (χ1n) is 4.94. The molecule has 1 aromatic carbocycles. The summed E-state index contributed by atoms with van der Waals surface area (Å²) in [5.41, 5.74) is 0.751. The van der Waals surface area contributed by atoms with E-state index in [-0.39, 0.29) is 5.75 Å². The van der Waals surface area contributed by atoms with Crippen LogP contribution in [-0.4, -0.2) is 16.2 Å². The number of halogens is 2. The number of hydrogen-bond acceptors (Lipinski definition) is 3. The molecule has 0 aliphatic carbocycles. The van der Waals surface area contributed by atoms with Crippen LogP contribution in [0.5, 0.6) is 5.75 Å². The van der Waals surface area contributed by atoms with Crippen molar-refractivity contribution in [2.75, 3.05) is 5.32 Å². The molecule has 1 heterocycles. The normalized spacial score (nSPS) is 10.6. The SMILES string of the molecule is Cn1ccnc1Nc1ccc(OC(F)F)cc1. The van der Waals surface area contributed by atoms with E-state index < -0.39 is 6.61 Å². The van der Waals surface area contributed by atoms with Gasteiger partial charge in [-0.05, 0) is 24.3 Å². The van der Waals surface area contributed by atoms with Crippen molar-refractivity contribution in [3.63, 3.8) is 0 Å². The van der Waals surface area contributed by atoms with Gasteiger partial charge in [-0.25, -0.2) is 4.98 Å². The maximum atomic E-state index is 11.9. The molecule has 17 heavy (non-hydrogen) atoms. The minimum Gasteiger partial charge on any atom is -0.435 e. The van der Waals surface area contributed by atoms with Crippen molar-refractivity contribution in [2.45, 2.75) is 6.61 Å². The molecule has 0 aliphatic heterocycles. The highest BCUT2D eigenvalue weighted by Crippen LogP contribution is 2.19. The number of benzene rings is 1. The topological polar surface area (TPSA) is 39.1 Å². The van der Waals surface area contributed by atoms with Crippen LogP contribution in [0.25, 0.3) is 0 Å². The summed E-state index contributed by atoms with van der Waals surface area (Å²) in [7, 11) is 1.85. The molecule has 90 valence electrons. The van der Waals surface area contributed by atoms with E-state index in [2.05, 4.69) is 15.0 Å². The summed E-state index contributed by atoms with van der Waals surface area (Å²) in [5, 5.41) is 3.04. The van der Waals surface area contributed by atoms with Gasteiger partial charge in [0.05, 0.1) is 0 Å². The summed E-state index contributed by atoms with van der Waals surface area (Å²) in [4.78, 5) is 4.08. The van der Waals surface area contributed by atoms with Crippen LogP contribution in [0, 0.1) is 0 Å². The van der Waals surface area contributed by atoms with Crippen molar-refractivity contribution >= 4 is 11.6 Å². The predicted octanol–water partition coefficient (Wildman–Crippen LogP) is 2.77. The number of hydrogen-bond donors (Lipinski definition) is 1. The average Bonchev–Trinajstić information content (AvgIpc) is 2.67. The molecule has 0 aliphatic rings. The van der Waals surface area contributed by atoms with Gasteiger partial charge in [0.15, 0.2) is 0 Å². The van der Waals surface area contributed by atoms with E-state index in [4.69, 9.17) is 0 Å². The highest BCUT2D eigenvalue weighted by atomic mass is 19.3. The zero-order chi connectivity index (χ0) is 12.3. The molecule has 0 spiro atoms. The summed E-state index contributed by atoms with van der Waals surface area (Å²) in [5.74, 6) is 0.804. The highest BCUT2D eigenvalue weighted by molar-refractivity contribution is 5.54. The molecule has 0 atom stereocenters. The maximum Gasteiger partial charge on any atom is 0.387 e. The molecule has 0 saturated heterocycles. The van der Waals surface area contributed by atoms with Gasteiger partial charge in [-0.3, -0.25) is 0 Å². The Morgan fingerprint density at radius 3 is 2.53 bits per heavy atom. The molecule has 4 nitrogen and oxygen atoms in total. The zero-order valence-electron chi connectivity index (χ0n) is 9.10. The van der Waals surface area contributed by atoms with Gasteiger partial charge in [-0.2, -0.15) is 8.78 Å². The molecule has 0 bridgehead atoms. The molecule has 1 aromatic heterocycles. The Balaban J connectivity index is 2.06. The number of nitrogens with one attached hydrogen (secondary N) is 1. The van der Waals surface area contributed by atoms with E-state index in [9.17, 15) is 8.78 Å². The summed E-state index contributed by atoms with van der Waals surface area (Å²) >= 11 is 0. The summed E-state index contributed by atoms with van der Waals surface area (Å²) < 4.78 is 29.9. The molecule has 2 aromatic rings. The van der Waals surface area contributed by atoms with E-state index in [1.165, 1.54) is 12.1 Å². The molecule has 0 saturated carbocycles. The van der Waals surface area contributed by atoms with E-state index in [0.717, 1.165) is 5.69 Å². The maximum absolute atomic E-state index is 11.9. The fourth-order valence-corrected chi connectivity index (χ4v) is 1.33. The summed E-state index contributed by atoms with van der Waals surface area (Å²) in [6.07, 6.45) is 3.47. The number of rotatable bonds is 4. The van der Waals surface area contributed by atoms with Gasteiger partial charge in [0.1, 0.15) is 5.75 Å². The lowest BCUT2D eigenvalue weighted by Crippen LogP contribution is -2.02. The summed E-state index contributed by atoms with van der Waals surface area (Å²) in [6.45, 7) is -2.80. The van der Waals surface area contributed by atoms with Gasteiger partial charge >= 0.3 is 6.61 Å². The first kappa shape index (κ1) is 11.4. The number of ether oxygens (including phenoxy) is 1. The molecule has 0 fully saturated rings. The first-order valence-corrected chi connectivity index (χ1v) is 4.94. The Kier molecular flexibility index (Phi) is 3.22. The Labute approximate surface area is 96.9 Å². The van der Waals surface area contributed by atoms with Gasteiger partial charge in [-0.1, -0.05) is 0 Å². The minimum atomic E-state index is -2.80. The van der Waals surface area contributed by atoms with Crippen molar-refractivity contribution in [1.29, 1.82) is 0 Å². The van der Waals surface area contributed by atoms with Crippen molar-refractivity contribution in [1.82, 2.24) is 9.55 Å². The second-order valence-electron chi connectivity index (χ2n) is 3.39. The summed E-state index contributed by atoms with van der Waals surface area (Å²) in [6, 6.07) is 6.23. The van der Waals surface area contributed by atoms with Gasteiger partial charge in [0.25, 0.3) is 0 Å². The van der Waals surface area contributed by atoms with Crippen LogP contribution in [0.2, 0.25) is 0 Å². The Hall–Kier alpha value is -2.11. The molecule has 1 N–H and O–H groups in total. The van der Waals surface area contributed by atoms with Gasteiger partial charge in [-0.15, -0.1) is 0 Å². The van der Waals surface area contributed by atoms with Gasteiger partial charge < -0.3 is 14.6 Å². The number of nitrogens with zero attached hydrogens (tertiary/aromatic N) is 2. The van der Waals surface area contributed by atoms with Crippen molar-refractivity contribution in [3.05, 3.63) is 36.7 Å². The zero-order valence-corrected chi connectivity index (χ0v) is 9.10. The average molecular weight is 239 g/mol. The predicted molar refractivity (Wildman–Crippen MR) is 59.6 cm³/mol. The van der Waals surface area contributed by atoms with Crippen LogP contribution in [0.4, 0.5) is 20.4 Å². The number of alkyl halides is 2. The lowest BCUT2D eigenvalue weighted by atomic mass is 10.3. The van der Waals surface area contributed by atoms with Crippen molar-refractivity contribution in [3.8, 4) is 5.75 Å². The standard InChI is InChI=1S/C11H11F2N3O/c1-16-7-6-14-11(16)15-8-2-4-9(5-3-8)17-10(12)13/h2-7,10H,1H3,(H,14,15). The second-order valence-corrected chi connectivity index (χ2v) is 3.39. The molecule has 2 rings (SSSR count). The lowest BCUT2D eigenvalue weighted by molar-refractivity contribution is -0.0498. The Bertz CT molecular complexity index is 482. The van der Waals surface area contributed by atoms with E-state index >= 15 is 0 Å². The van der Waals surface area contributed by atoms with Crippen LogP contribution in [0.3, 0.4) is 0 Å². The van der Waals surface area contributed by atoms with Crippen LogP contribution in [0.15, 0.2) is 36.7 Å². The molecule has 0 unspecified atom stereocenters. The lowest BCUT2D eigenvalue weighted by Gasteiger charge is -2.07. The Morgan fingerprint density at radius 2 is 2.00 bits per heavy atom. The van der Waals surface area contributed by atoms with Gasteiger partial charge in [0, 0.05) is 25.1 Å². The molecular formula is C11H11F2N3O. The van der Waals surface area contributed by atoms with E-state index in [1.54, 1.807) is 24.5 Å². The van der Waals surface area contributed by atoms with Crippen LogP contribution >= 0.6 is 0 Å². The minimum absolute atomic E-state index is 0.130. The van der Waals surface area contributed by atoms with E-state index in [1.807, 2.05) is 11.6 Å². The largest absolute Gasteiger partial charge is 0.435 e. The number of imidazole rings is 1. The third-order valence-corrected chi connectivity index (χ3v) is 2.16. The highest BCUT2D eigenvalue weighted by Gasteiger charge is 2.04. The molecule has 0 radical (unpaired) electrons. The smallest absolute Gasteiger partial charge is 0.387 e. The number of aromatic nitrogens is 2. The Morgan fingerprint density at radius 1 is 1.29 bits per heavy atom. The van der Waals surface area contributed by atoms with Crippen LogP contribution in [0.1, 0.15) is 0 Å². The van der Waals surface area contributed by atoms with Crippen LogP contribution in [-0.2, 0) is 7.05 Å². The van der Waals surface area contributed by atoms with Crippen molar-refractivity contribution in [2.24, 2.45) is 7.05 Å². The van der Waals surface area contributed by atoms with Crippen molar-refractivity contribution < 1.29 is 13.5 Å². The monoisotopic (exact) mass is 239 g/mol. The molecular weight excluding hydrogens is 228 g/mol. The molecule has 0 amide bonds. The second kappa shape index (κ2) is 4.82. The fraction of sp³-hybridized carbons (Fsp3) is 0.182. The molecule has 6 heteroatoms. The number of aryl methyl sites for hydroxylation is 1. The van der Waals surface area contributed by atoms with Gasteiger partial charge in [0.2, 0.25) is 5.95 Å².